The minimum absolute atomic E-state index is 0.313. The zero-order valence-corrected chi connectivity index (χ0v) is 19.2. The highest BCUT2D eigenvalue weighted by Crippen LogP contribution is 2.45. The quantitative estimate of drug-likeness (QED) is 0.483. The van der Waals surface area contributed by atoms with Crippen LogP contribution in [0, 0.1) is 13.8 Å². The first-order valence-corrected chi connectivity index (χ1v) is 10.7. The van der Waals surface area contributed by atoms with Crippen LogP contribution >= 0.6 is 0 Å². The lowest BCUT2D eigenvalue weighted by Gasteiger charge is -2.38. The van der Waals surface area contributed by atoms with Gasteiger partial charge < -0.3 is 13.7 Å². The van der Waals surface area contributed by atoms with Crippen molar-refractivity contribution in [3.05, 3.63) is 80.0 Å². The van der Waals surface area contributed by atoms with E-state index in [0.29, 0.717) is 23.3 Å². The second kappa shape index (κ2) is 6.84. The van der Waals surface area contributed by atoms with Crippen LogP contribution in [-0.2, 0) is 24.4 Å². The maximum Gasteiger partial charge on any atom is 0.331 e. The van der Waals surface area contributed by atoms with Crippen molar-refractivity contribution in [2.45, 2.75) is 39.3 Å². The maximum absolute atomic E-state index is 13.5. The van der Waals surface area contributed by atoms with Crippen LogP contribution in [0.3, 0.4) is 0 Å². The molecule has 7 heteroatoms. The predicted molar refractivity (Wildman–Crippen MR) is 123 cm³/mol. The first-order valence-electron chi connectivity index (χ1n) is 10.7. The summed E-state index contributed by atoms with van der Waals surface area (Å²) in [6, 6.07) is 11.9. The fraction of sp³-hybridized carbons (Fsp3) is 0.360. The maximum atomic E-state index is 13.5. The highest BCUT2D eigenvalue weighted by molar-refractivity contribution is 5.96. The van der Waals surface area contributed by atoms with Gasteiger partial charge in [-0.15, -0.1) is 0 Å². The third kappa shape index (κ3) is 2.77. The van der Waals surface area contributed by atoms with Crippen molar-refractivity contribution in [2.24, 2.45) is 14.1 Å². The van der Waals surface area contributed by atoms with Crippen LogP contribution in [0.5, 0.6) is 0 Å². The molecule has 4 aromatic rings. The van der Waals surface area contributed by atoms with E-state index in [9.17, 15) is 9.59 Å². The predicted octanol–water partition coefficient (Wildman–Crippen LogP) is 3.77. The van der Waals surface area contributed by atoms with Crippen molar-refractivity contribution >= 4 is 10.9 Å². The molecule has 0 saturated heterocycles. The molecule has 1 unspecified atom stereocenters. The molecular formula is C25H27N3O4. The Balaban J connectivity index is 2.03. The summed E-state index contributed by atoms with van der Waals surface area (Å²) in [5.74, 6) is 1.43. The molecule has 1 atom stereocenters. The number of ether oxygens (including phenoxy) is 1. The molecule has 5 rings (SSSR count). The van der Waals surface area contributed by atoms with Crippen LogP contribution in [0.2, 0.25) is 0 Å². The zero-order chi connectivity index (χ0) is 22.9. The van der Waals surface area contributed by atoms with Crippen molar-refractivity contribution < 1.29 is 9.15 Å². The molecule has 0 amide bonds. The van der Waals surface area contributed by atoms with Gasteiger partial charge in [0.05, 0.1) is 34.4 Å². The van der Waals surface area contributed by atoms with E-state index in [0.717, 1.165) is 28.3 Å². The lowest BCUT2D eigenvalue weighted by molar-refractivity contribution is -0.0166. The Bertz CT molecular complexity index is 1500. The van der Waals surface area contributed by atoms with E-state index in [2.05, 4.69) is 24.5 Å². The summed E-state index contributed by atoms with van der Waals surface area (Å²) in [6.07, 6.45) is -0.532. The summed E-state index contributed by atoms with van der Waals surface area (Å²) >= 11 is 0. The van der Waals surface area contributed by atoms with Crippen molar-refractivity contribution in [2.75, 3.05) is 6.61 Å². The molecule has 0 N–H and O–H groups in total. The van der Waals surface area contributed by atoms with Gasteiger partial charge in [-0.05, 0) is 51.5 Å². The molecule has 0 bridgehead atoms. The summed E-state index contributed by atoms with van der Waals surface area (Å²) in [6.45, 7) is 8.51. The smallest absolute Gasteiger partial charge is 0.331 e. The number of benzene rings is 1. The topological polar surface area (TPSA) is 71.3 Å². The molecule has 3 aromatic heterocycles. The number of hydrogen-bond acceptors (Lipinski definition) is 4. The van der Waals surface area contributed by atoms with Gasteiger partial charge in [0.1, 0.15) is 11.5 Å². The molecule has 1 aliphatic heterocycles. The minimum Gasteiger partial charge on any atom is -0.463 e. The van der Waals surface area contributed by atoms with Crippen LogP contribution in [0.1, 0.15) is 42.7 Å². The van der Waals surface area contributed by atoms with Crippen LogP contribution in [-0.4, -0.2) is 20.3 Å². The van der Waals surface area contributed by atoms with E-state index in [1.807, 2.05) is 44.2 Å². The standard InChI is InChI=1S/C25H27N3O4/c1-14-8-7-9-16(12-14)19-18-20(26(5)24(30)27(6)23(18)29)21-22(17-11-10-15(2)32-17)31-13-25(3,4)28(19)21/h7-12,22H,13H2,1-6H3. The molecule has 0 aliphatic carbocycles. The monoisotopic (exact) mass is 433 g/mol. The van der Waals surface area contributed by atoms with Gasteiger partial charge in [-0.3, -0.25) is 13.9 Å². The fourth-order valence-electron chi connectivity index (χ4n) is 4.87. The van der Waals surface area contributed by atoms with Crippen LogP contribution in [0.4, 0.5) is 0 Å². The Labute approximate surface area is 185 Å². The van der Waals surface area contributed by atoms with Crippen LogP contribution < -0.4 is 11.2 Å². The highest BCUT2D eigenvalue weighted by atomic mass is 16.5. The Morgan fingerprint density at radius 1 is 1.03 bits per heavy atom. The number of nitrogens with zero attached hydrogens (tertiary/aromatic N) is 3. The second-order valence-electron chi connectivity index (χ2n) is 9.32. The largest absolute Gasteiger partial charge is 0.463 e. The molecule has 0 spiro atoms. The molecule has 7 nitrogen and oxygen atoms in total. The Morgan fingerprint density at radius 3 is 2.44 bits per heavy atom. The van der Waals surface area contributed by atoms with Gasteiger partial charge in [0, 0.05) is 14.1 Å². The third-order valence-electron chi connectivity index (χ3n) is 6.38. The molecule has 4 heterocycles. The van der Waals surface area contributed by atoms with E-state index < -0.39 is 11.6 Å². The van der Waals surface area contributed by atoms with Gasteiger partial charge in [0.25, 0.3) is 5.56 Å². The molecule has 0 fully saturated rings. The number of rotatable bonds is 2. The van der Waals surface area contributed by atoms with E-state index in [4.69, 9.17) is 9.15 Å². The summed E-state index contributed by atoms with van der Waals surface area (Å²) in [4.78, 5) is 26.5. The summed E-state index contributed by atoms with van der Waals surface area (Å²) in [5, 5.41) is 0.516. The van der Waals surface area contributed by atoms with Gasteiger partial charge in [-0.2, -0.15) is 0 Å². The summed E-state index contributed by atoms with van der Waals surface area (Å²) in [5.41, 5.74) is 3.04. The first kappa shape index (κ1) is 20.6. The van der Waals surface area contributed by atoms with E-state index in [1.165, 1.54) is 11.6 Å². The Hall–Kier alpha value is -3.32. The lowest BCUT2D eigenvalue weighted by Crippen LogP contribution is -2.40. The first-order chi connectivity index (χ1) is 15.1. The summed E-state index contributed by atoms with van der Waals surface area (Å²) in [7, 11) is 3.23. The van der Waals surface area contributed by atoms with Gasteiger partial charge in [-0.25, -0.2) is 4.79 Å². The van der Waals surface area contributed by atoms with E-state index in [1.54, 1.807) is 11.6 Å². The van der Waals surface area contributed by atoms with Crippen molar-refractivity contribution in [1.29, 1.82) is 0 Å². The summed E-state index contributed by atoms with van der Waals surface area (Å²) < 4.78 is 17.2. The molecule has 32 heavy (non-hydrogen) atoms. The van der Waals surface area contributed by atoms with Crippen LogP contribution in [0.25, 0.3) is 22.2 Å². The van der Waals surface area contributed by atoms with Gasteiger partial charge >= 0.3 is 5.69 Å². The van der Waals surface area contributed by atoms with Gasteiger partial charge in [0.15, 0.2) is 6.10 Å². The number of fused-ring (bicyclic) bond motifs is 3. The van der Waals surface area contributed by atoms with Crippen molar-refractivity contribution in [1.82, 2.24) is 13.7 Å². The zero-order valence-electron chi connectivity index (χ0n) is 19.2. The van der Waals surface area contributed by atoms with Crippen LogP contribution in [0.15, 0.2) is 50.4 Å². The number of hydrogen-bond donors (Lipinski definition) is 0. The van der Waals surface area contributed by atoms with E-state index >= 15 is 0 Å². The van der Waals surface area contributed by atoms with Crippen molar-refractivity contribution in [3.63, 3.8) is 0 Å². The van der Waals surface area contributed by atoms with Gasteiger partial charge in [-0.1, -0.05) is 23.8 Å². The second-order valence-corrected chi connectivity index (χ2v) is 9.32. The SMILES string of the molecule is Cc1cccc(-c2c3c(=O)n(C)c(=O)n(C)c3c3n2C(C)(C)COC3c2ccc(C)o2)c1. The molecule has 0 saturated carbocycles. The van der Waals surface area contributed by atoms with Gasteiger partial charge in [0.2, 0.25) is 0 Å². The number of aromatic nitrogens is 3. The Kier molecular flexibility index (Phi) is 4.40. The average Bonchev–Trinajstić information content (AvgIpc) is 3.33. The Morgan fingerprint density at radius 2 is 1.78 bits per heavy atom. The van der Waals surface area contributed by atoms with Crippen molar-refractivity contribution in [3.8, 4) is 11.3 Å². The molecular weight excluding hydrogens is 406 g/mol. The lowest BCUT2D eigenvalue weighted by atomic mass is 10.00. The molecule has 0 radical (unpaired) electrons. The minimum atomic E-state index is -0.532. The molecule has 166 valence electrons. The molecule has 1 aliphatic rings. The number of aryl methyl sites for hydroxylation is 3. The fourth-order valence-corrected chi connectivity index (χ4v) is 4.87. The number of furan rings is 1. The normalized spacial score (nSPS) is 17.6. The molecule has 1 aromatic carbocycles. The van der Waals surface area contributed by atoms with E-state index in [-0.39, 0.29) is 11.2 Å². The highest BCUT2D eigenvalue weighted by Gasteiger charge is 2.41. The average molecular weight is 434 g/mol. The third-order valence-corrected chi connectivity index (χ3v) is 6.38.